The van der Waals surface area contributed by atoms with Gasteiger partial charge in [-0.05, 0) is 62.1 Å². The zero-order valence-electron chi connectivity index (χ0n) is 19.8. The molecular formula is C25H38F3NO2. The van der Waals surface area contributed by atoms with Gasteiger partial charge in [0.25, 0.3) is 0 Å². The van der Waals surface area contributed by atoms with Crippen molar-refractivity contribution >= 4 is 5.97 Å². The molecule has 0 unspecified atom stereocenters. The average Bonchev–Trinajstić information content (AvgIpc) is 2.64. The summed E-state index contributed by atoms with van der Waals surface area (Å²) in [5.41, 5.74) is -0.299. The fourth-order valence-electron chi connectivity index (χ4n) is 4.89. The van der Waals surface area contributed by atoms with Crippen molar-refractivity contribution in [1.82, 2.24) is 4.90 Å². The van der Waals surface area contributed by atoms with Crippen LogP contribution >= 0.6 is 0 Å². The highest BCUT2D eigenvalue weighted by Gasteiger charge is 2.44. The molecule has 0 amide bonds. The first-order valence-electron chi connectivity index (χ1n) is 11.4. The SMILES string of the molecule is CC(=O)O[C@@H]1CCN([C@H](CCC(C)C)CC(C)C)[C@](C)(c2ccc(C(F)(F)F)cc2)C1. The van der Waals surface area contributed by atoms with Gasteiger partial charge in [-0.1, -0.05) is 39.8 Å². The smallest absolute Gasteiger partial charge is 0.416 e. The number of carbonyl (C=O) groups is 1. The lowest BCUT2D eigenvalue weighted by Crippen LogP contribution is -2.56. The maximum absolute atomic E-state index is 13.1. The molecule has 6 heteroatoms. The van der Waals surface area contributed by atoms with Gasteiger partial charge in [0.1, 0.15) is 6.10 Å². The summed E-state index contributed by atoms with van der Waals surface area (Å²) in [4.78, 5) is 14.1. The molecule has 1 aliphatic rings. The number of benzene rings is 1. The minimum atomic E-state index is -4.36. The predicted molar refractivity (Wildman–Crippen MR) is 118 cm³/mol. The standard InChI is InChI=1S/C25H38F3NO2/c1-17(2)7-12-22(15-18(3)4)29-14-13-23(31-19(5)30)16-24(29,6)20-8-10-21(11-9-20)25(26,27)28/h8-11,17-18,22-23H,7,12-16H2,1-6H3/t22-,23-,24+/m1/s1. The molecule has 0 spiro atoms. The molecule has 0 aliphatic carbocycles. The lowest BCUT2D eigenvalue weighted by atomic mass is 9.78. The predicted octanol–water partition coefficient (Wildman–Crippen LogP) is 6.80. The minimum absolute atomic E-state index is 0.231. The number of ether oxygens (including phenoxy) is 1. The summed E-state index contributed by atoms with van der Waals surface area (Å²) < 4.78 is 44.9. The van der Waals surface area contributed by atoms with Gasteiger partial charge in [-0.15, -0.1) is 0 Å². The highest BCUT2D eigenvalue weighted by molar-refractivity contribution is 5.66. The van der Waals surface area contributed by atoms with Crippen molar-refractivity contribution in [3.05, 3.63) is 35.4 Å². The Balaban J connectivity index is 2.42. The van der Waals surface area contributed by atoms with Crippen LogP contribution < -0.4 is 0 Å². The van der Waals surface area contributed by atoms with Crippen molar-refractivity contribution in [2.45, 2.75) is 97.5 Å². The van der Waals surface area contributed by atoms with Crippen LogP contribution in [0.25, 0.3) is 0 Å². The second-order valence-corrected chi connectivity index (χ2v) is 10.0. The molecule has 0 saturated carbocycles. The van der Waals surface area contributed by atoms with Crippen molar-refractivity contribution in [2.75, 3.05) is 6.54 Å². The molecule has 31 heavy (non-hydrogen) atoms. The summed E-state index contributed by atoms with van der Waals surface area (Å²) in [5, 5.41) is 0. The van der Waals surface area contributed by atoms with E-state index in [-0.39, 0.29) is 12.1 Å². The Kier molecular flexibility index (Phi) is 8.60. The highest BCUT2D eigenvalue weighted by Crippen LogP contribution is 2.42. The van der Waals surface area contributed by atoms with E-state index >= 15 is 0 Å². The topological polar surface area (TPSA) is 29.5 Å². The highest BCUT2D eigenvalue weighted by atomic mass is 19.4. The summed E-state index contributed by atoms with van der Waals surface area (Å²) in [5.74, 6) is 0.789. The van der Waals surface area contributed by atoms with E-state index in [1.807, 2.05) is 0 Å². The number of hydrogen-bond acceptors (Lipinski definition) is 3. The number of carbonyl (C=O) groups excluding carboxylic acids is 1. The number of hydrogen-bond donors (Lipinski definition) is 0. The number of rotatable bonds is 8. The lowest BCUT2D eigenvalue weighted by molar-refractivity contribution is -0.153. The van der Waals surface area contributed by atoms with E-state index in [0.29, 0.717) is 24.3 Å². The van der Waals surface area contributed by atoms with Crippen molar-refractivity contribution in [1.29, 1.82) is 0 Å². The third kappa shape index (κ3) is 6.96. The lowest BCUT2D eigenvalue weighted by Gasteiger charge is -2.52. The van der Waals surface area contributed by atoms with Crippen LogP contribution in [0, 0.1) is 11.8 Å². The Bertz CT molecular complexity index is 714. The summed E-state index contributed by atoms with van der Waals surface area (Å²) in [6.07, 6.45) is -0.0923. The Morgan fingerprint density at radius 3 is 2.23 bits per heavy atom. The van der Waals surface area contributed by atoms with Crippen molar-refractivity contribution in [2.24, 2.45) is 11.8 Å². The molecule has 3 nitrogen and oxygen atoms in total. The molecular weight excluding hydrogens is 403 g/mol. The van der Waals surface area contributed by atoms with Crippen LogP contribution in [-0.2, 0) is 21.2 Å². The van der Waals surface area contributed by atoms with E-state index in [4.69, 9.17) is 4.74 Å². The maximum atomic E-state index is 13.1. The first-order chi connectivity index (χ1) is 14.3. The van der Waals surface area contributed by atoms with E-state index in [2.05, 4.69) is 39.5 Å². The van der Waals surface area contributed by atoms with Gasteiger partial charge in [0.15, 0.2) is 0 Å². The number of likely N-dealkylation sites (tertiary alicyclic amines) is 1. The number of esters is 1. The van der Waals surface area contributed by atoms with Crippen LogP contribution in [0.5, 0.6) is 0 Å². The second kappa shape index (κ2) is 10.4. The number of halogens is 3. The molecule has 1 heterocycles. The molecule has 0 radical (unpaired) electrons. The van der Waals surface area contributed by atoms with E-state index in [1.54, 1.807) is 12.1 Å². The number of piperidine rings is 1. The van der Waals surface area contributed by atoms with Gasteiger partial charge >= 0.3 is 12.1 Å². The molecule has 2 rings (SSSR count). The summed E-state index contributed by atoms with van der Waals surface area (Å²) in [7, 11) is 0. The molecule has 1 fully saturated rings. The van der Waals surface area contributed by atoms with E-state index in [9.17, 15) is 18.0 Å². The van der Waals surface area contributed by atoms with Gasteiger partial charge < -0.3 is 4.74 Å². The monoisotopic (exact) mass is 441 g/mol. The minimum Gasteiger partial charge on any atom is -0.462 e. The molecule has 1 saturated heterocycles. The average molecular weight is 442 g/mol. The van der Waals surface area contributed by atoms with Crippen LogP contribution in [0.2, 0.25) is 0 Å². The molecule has 1 aromatic rings. The van der Waals surface area contributed by atoms with Gasteiger partial charge in [0, 0.05) is 31.5 Å². The molecule has 0 N–H and O–H groups in total. The van der Waals surface area contributed by atoms with Gasteiger partial charge in [-0.3, -0.25) is 9.69 Å². The Morgan fingerprint density at radius 1 is 1.13 bits per heavy atom. The number of nitrogens with zero attached hydrogens (tertiary/aromatic N) is 1. The third-order valence-corrected chi connectivity index (χ3v) is 6.38. The van der Waals surface area contributed by atoms with E-state index < -0.39 is 17.3 Å². The zero-order chi connectivity index (χ0) is 23.4. The van der Waals surface area contributed by atoms with Crippen molar-refractivity contribution in [3.8, 4) is 0 Å². The molecule has 0 bridgehead atoms. The second-order valence-electron chi connectivity index (χ2n) is 10.0. The van der Waals surface area contributed by atoms with Crippen LogP contribution in [0.3, 0.4) is 0 Å². The summed E-state index contributed by atoms with van der Waals surface area (Å²) in [6, 6.07) is 5.86. The van der Waals surface area contributed by atoms with Gasteiger partial charge in [0.05, 0.1) is 5.56 Å². The quantitative estimate of drug-likeness (QED) is 0.416. The molecule has 1 aromatic carbocycles. The van der Waals surface area contributed by atoms with E-state index in [1.165, 1.54) is 19.1 Å². The molecule has 176 valence electrons. The maximum Gasteiger partial charge on any atom is 0.416 e. The van der Waals surface area contributed by atoms with E-state index in [0.717, 1.165) is 37.8 Å². The van der Waals surface area contributed by atoms with Crippen molar-refractivity contribution in [3.63, 3.8) is 0 Å². The van der Waals surface area contributed by atoms with Crippen molar-refractivity contribution < 1.29 is 22.7 Å². The van der Waals surface area contributed by atoms with Crippen LogP contribution in [-0.4, -0.2) is 29.6 Å². The fraction of sp³-hybridized carbons (Fsp3) is 0.720. The molecule has 1 aliphatic heterocycles. The zero-order valence-corrected chi connectivity index (χ0v) is 19.8. The van der Waals surface area contributed by atoms with Crippen LogP contribution in [0.4, 0.5) is 13.2 Å². The normalized spacial score (nSPS) is 23.9. The largest absolute Gasteiger partial charge is 0.462 e. The fourth-order valence-corrected chi connectivity index (χ4v) is 4.89. The molecule has 0 aromatic heterocycles. The summed E-state index contributed by atoms with van der Waals surface area (Å²) >= 11 is 0. The first-order valence-corrected chi connectivity index (χ1v) is 11.4. The molecule has 3 atom stereocenters. The van der Waals surface area contributed by atoms with Gasteiger partial charge in [0.2, 0.25) is 0 Å². The Hall–Kier alpha value is -1.56. The van der Waals surface area contributed by atoms with Gasteiger partial charge in [-0.2, -0.15) is 13.2 Å². The number of alkyl halides is 3. The van der Waals surface area contributed by atoms with Crippen LogP contribution in [0.15, 0.2) is 24.3 Å². The van der Waals surface area contributed by atoms with Gasteiger partial charge in [-0.25, -0.2) is 0 Å². The Morgan fingerprint density at radius 2 is 1.74 bits per heavy atom. The third-order valence-electron chi connectivity index (χ3n) is 6.38. The van der Waals surface area contributed by atoms with Crippen LogP contribution in [0.1, 0.15) is 84.8 Å². The first kappa shape index (κ1) is 25.7. The Labute approximate surface area is 185 Å². The summed E-state index contributed by atoms with van der Waals surface area (Å²) in [6.45, 7) is 13.1.